The Bertz CT molecular complexity index is 1210. The molecule has 0 N–H and O–H groups in total. The minimum Gasteiger partial charge on any atom is -0.494 e. The predicted octanol–water partition coefficient (Wildman–Crippen LogP) is 9.58. The quantitative estimate of drug-likeness (QED) is 0.0931. The van der Waals surface area contributed by atoms with Gasteiger partial charge in [-0.2, -0.15) is 0 Å². The van der Waals surface area contributed by atoms with Gasteiger partial charge in [0, 0.05) is 0 Å². The average molecular weight is 563 g/mol. The van der Waals surface area contributed by atoms with Gasteiger partial charge in [-0.3, -0.25) is 0 Å². The molecule has 220 valence electrons. The highest BCUT2D eigenvalue weighted by Crippen LogP contribution is 2.25. The summed E-state index contributed by atoms with van der Waals surface area (Å²) in [5.74, 6) is -1.47. The van der Waals surface area contributed by atoms with Gasteiger partial charge < -0.3 is 14.2 Å². The summed E-state index contributed by atoms with van der Waals surface area (Å²) in [4.78, 5) is 25.1. The molecule has 0 amide bonds. The molecule has 0 fully saturated rings. The molecule has 0 atom stereocenters. The second kappa shape index (κ2) is 17.2. The minimum absolute atomic E-state index is 0.0858. The van der Waals surface area contributed by atoms with Crippen molar-refractivity contribution in [1.29, 1.82) is 0 Å². The molecular formula is C35H43FO5. The van der Waals surface area contributed by atoms with Crippen LogP contribution >= 0.6 is 0 Å². The zero-order valence-corrected chi connectivity index (χ0v) is 24.6. The molecule has 41 heavy (non-hydrogen) atoms. The van der Waals surface area contributed by atoms with Crippen molar-refractivity contribution in [2.75, 3.05) is 6.61 Å². The summed E-state index contributed by atoms with van der Waals surface area (Å²) in [6.45, 7) is 6.99. The second-order valence-corrected chi connectivity index (χ2v) is 10.4. The minimum atomic E-state index is -0.800. The number of hydrogen-bond donors (Lipinski definition) is 0. The van der Waals surface area contributed by atoms with Gasteiger partial charge in [-0.25, -0.2) is 14.0 Å². The van der Waals surface area contributed by atoms with E-state index >= 15 is 0 Å². The lowest BCUT2D eigenvalue weighted by molar-refractivity contribution is 0.0258. The Hall–Kier alpha value is -3.67. The van der Waals surface area contributed by atoms with Gasteiger partial charge in [-0.15, -0.1) is 0 Å². The molecule has 0 unspecified atom stereocenters. The predicted molar refractivity (Wildman–Crippen MR) is 161 cm³/mol. The molecule has 3 aromatic carbocycles. The van der Waals surface area contributed by atoms with Crippen molar-refractivity contribution >= 4 is 11.9 Å². The molecule has 0 aliphatic rings. The van der Waals surface area contributed by atoms with E-state index in [4.69, 9.17) is 14.2 Å². The fraction of sp³-hybridized carbons (Fsp3) is 0.429. The van der Waals surface area contributed by atoms with Gasteiger partial charge in [0.05, 0.1) is 17.7 Å². The van der Waals surface area contributed by atoms with E-state index in [1.807, 2.05) is 50.2 Å². The van der Waals surface area contributed by atoms with Gasteiger partial charge >= 0.3 is 11.9 Å². The monoisotopic (exact) mass is 562 g/mol. The molecule has 0 heterocycles. The van der Waals surface area contributed by atoms with Crippen molar-refractivity contribution in [3.05, 3.63) is 83.7 Å². The molecule has 3 rings (SSSR count). The van der Waals surface area contributed by atoms with Gasteiger partial charge in [0.25, 0.3) is 0 Å². The van der Waals surface area contributed by atoms with Crippen LogP contribution in [-0.2, 0) is 4.74 Å². The first-order valence-corrected chi connectivity index (χ1v) is 15.0. The van der Waals surface area contributed by atoms with E-state index in [1.165, 1.54) is 44.2 Å². The number of halogens is 1. The van der Waals surface area contributed by atoms with Crippen LogP contribution in [0.2, 0.25) is 0 Å². The van der Waals surface area contributed by atoms with Crippen molar-refractivity contribution in [2.45, 2.75) is 91.1 Å². The molecule has 0 saturated heterocycles. The van der Waals surface area contributed by atoms with Crippen molar-refractivity contribution in [3.8, 4) is 22.6 Å². The van der Waals surface area contributed by atoms with Gasteiger partial charge in [-0.05, 0) is 72.9 Å². The van der Waals surface area contributed by atoms with Gasteiger partial charge in [0.15, 0.2) is 11.6 Å². The summed E-state index contributed by atoms with van der Waals surface area (Å²) in [5.41, 5.74) is 2.30. The maximum absolute atomic E-state index is 14.7. The lowest BCUT2D eigenvalue weighted by Gasteiger charge is -2.16. The Kier molecular flexibility index (Phi) is 13.4. The van der Waals surface area contributed by atoms with Crippen molar-refractivity contribution in [3.63, 3.8) is 0 Å². The van der Waals surface area contributed by atoms with Crippen LogP contribution in [0, 0.1) is 5.82 Å². The van der Waals surface area contributed by atoms with Crippen LogP contribution in [0.5, 0.6) is 11.5 Å². The van der Waals surface area contributed by atoms with Crippen LogP contribution in [0.25, 0.3) is 11.1 Å². The number of esters is 2. The Labute approximate surface area is 244 Å². The summed E-state index contributed by atoms with van der Waals surface area (Å²) < 4.78 is 31.4. The average Bonchev–Trinajstić information content (AvgIpc) is 2.98. The van der Waals surface area contributed by atoms with Gasteiger partial charge in [0.2, 0.25) is 0 Å². The van der Waals surface area contributed by atoms with E-state index in [-0.39, 0.29) is 23.0 Å². The Morgan fingerprint density at radius 3 is 1.88 bits per heavy atom. The van der Waals surface area contributed by atoms with Crippen LogP contribution in [0.15, 0.2) is 66.7 Å². The number of carbonyl (C=O) groups is 2. The first kappa shape index (κ1) is 31.9. The maximum Gasteiger partial charge on any atom is 0.343 e. The standard InChI is InChI=1S/C35H43FO5/c1-4-7-8-9-10-11-24-39-30-21-18-27(19-22-30)26-14-16-28(17-15-26)34(37)41-33-23-20-29(25-32(33)36)35(38)40-31(12-5-2)13-6-3/h14-23,25,31H,4-13,24H2,1-3H3. The van der Waals surface area contributed by atoms with E-state index in [0.29, 0.717) is 6.61 Å². The highest BCUT2D eigenvalue weighted by molar-refractivity contribution is 5.92. The largest absolute Gasteiger partial charge is 0.494 e. The first-order chi connectivity index (χ1) is 19.9. The smallest absolute Gasteiger partial charge is 0.343 e. The third-order valence-corrected chi connectivity index (χ3v) is 6.94. The number of hydrogen-bond acceptors (Lipinski definition) is 5. The SMILES string of the molecule is CCCCCCCCOc1ccc(-c2ccc(C(=O)Oc3ccc(C(=O)OC(CCC)CCC)cc3F)cc2)cc1. The Balaban J connectivity index is 1.52. The van der Waals surface area contributed by atoms with E-state index in [1.54, 1.807) is 12.1 Å². The zero-order chi connectivity index (χ0) is 29.5. The number of carbonyl (C=O) groups excluding carboxylic acids is 2. The normalized spacial score (nSPS) is 11.0. The zero-order valence-electron chi connectivity index (χ0n) is 24.6. The summed E-state index contributed by atoms with van der Waals surface area (Å²) in [5, 5.41) is 0. The summed E-state index contributed by atoms with van der Waals surface area (Å²) >= 11 is 0. The van der Waals surface area contributed by atoms with Gasteiger partial charge in [-0.1, -0.05) is 90.0 Å². The van der Waals surface area contributed by atoms with Crippen LogP contribution in [-0.4, -0.2) is 24.6 Å². The fourth-order valence-corrected chi connectivity index (χ4v) is 4.61. The molecule has 0 spiro atoms. The van der Waals surface area contributed by atoms with Crippen LogP contribution in [0.3, 0.4) is 0 Å². The molecule has 5 nitrogen and oxygen atoms in total. The molecule has 0 aromatic heterocycles. The van der Waals surface area contributed by atoms with Crippen molar-refractivity contribution in [1.82, 2.24) is 0 Å². The van der Waals surface area contributed by atoms with Crippen LogP contribution < -0.4 is 9.47 Å². The van der Waals surface area contributed by atoms with E-state index in [0.717, 1.165) is 55.0 Å². The van der Waals surface area contributed by atoms with Crippen molar-refractivity contribution < 1.29 is 28.2 Å². The second-order valence-electron chi connectivity index (χ2n) is 10.4. The number of rotatable bonds is 17. The summed E-state index contributed by atoms with van der Waals surface area (Å²) in [6, 6.07) is 18.5. The molecule has 0 radical (unpaired) electrons. The fourth-order valence-electron chi connectivity index (χ4n) is 4.61. The summed E-state index contributed by atoms with van der Waals surface area (Å²) in [6.07, 6.45) is 10.5. The number of ether oxygens (including phenoxy) is 3. The molecular weight excluding hydrogens is 519 g/mol. The lowest BCUT2D eigenvalue weighted by atomic mass is 10.0. The molecule has 0 bridgehead atoms. The molecule has 0 aliphatic carbocycles. The molecule has 6 heteroatoms. The first-order valence-electron chi connectivity index (χ1n) is 15.0. The molecule has 3 aromatic rings. The topological polar surface area (TPSA) is 61.8 Å². The summed E-state index contributed by atoms with van der Waals surface area (Å²) in [7, 11) is 0. The Morgan fingerprint density at radius 1 is 0.683 bits per heavy atom. The lowest BCUT2D eigenvalue weighted by Crippen LogP contribution is -2.18. The van der Waals surface area contributed by atoms with Crippen LogP contribution in [0.1, 0.15) is 106 Å². The third kappa shape index (κ3) is 10.3. The van der Waals surface area contributed by atoms with Crippen molar-refractivity contribution in [2.24, 2.45) is 0 Å². The van der Waals surface area contributed by atoms with E-state index in [2.05, 4.69) is 6.92 Å². The van der Waals surface area contributed by atoms with E-state index in [9.17, 15) is 14.0 Å². The highest BCUT2D eigenvalue weighted by Gasteiger charge is 2.18. The highest BCUT2D eigenvalue weighted by atomic mass is 19.1. The molecule has 0 aliphatic heterocycles. The number of unbranched alkanes of at least 4 members (excludes halogenated alkanes) is 5. The van der Waals surface area contributed by atoms with Gasteiger partial charge in [0.1, 0.15) is 11.9 Å². The Morgan fingerprint density at radius 2 is 1.27 bits per heavy atom. The third-order valence-electron chi connectivity index (χ3n) is 6.94. The molecule has 0 saturated carbocycles. The van der Waals surface area contributed by atoms with Crippen LogP contribution in [0.4, 0.5) is 4.39 Å². The van der Waals surface area contributed by atoms with E-state index < -0.39 is 17.8 Å². The maximum atomic E-state index is 14.7. The number of benzene rings is 3.